The summed E-state index contributed by atoms with van der Waals surface area (Å²) in [5, 5.41) is 11.4. The molecule has 0 aliphatic heterocycles. The molecule has 0 aromatic heterocycles. The standard InChI is InChI=1S/C15H30O6/c1-9-11(12(16)17)15(10-2,20-18-13(3,4)5)21-19-14(6,7)8/h11H,9-10H2,1-8H3,(H,16,17)/p-1. The number of aliphatic carboxylic acids is 1. The van der Waals surface area contributed by atoms with Gasteiger partial charge in [-0.15, -0.1) is 0 Å². The molecule has 1 unspecified atom stereocenters. The summed E-state index contributed by atoms with van der Waals surface area (Å²) in [6.07, 6.45) is 0.489. The zero-order valence-corrected chi connectivity index (χ0v) is 14.4. The minimum Gasteiger partial charge on any atom is -0.550 e. The van der Waals surface area contributed by atoms with E-state index in [9.17, 15) is 9.90 Å². The second-order valence-corrected chi connectivity index (χ2v) is 7.00. The first kappa shape index (κ1) is 20.3. The van der Waals surface area contributed by atoms with Gasteiger partial charge in [-0.3, -0.25) is 0 Å². The van der Waals surface area contributed by atoms with Crippen LogP contribution in [0.3, 0.4) is 0 Å². The maximum Gasteiger partial charge on any atom is 0.241 e. The first-order chi connectivity index (χ1) is 9.37. The largest absolute Gasteiger partial charge is 0.550 e. The Balaban J connectivity index is 5.31. The summed E-state index contributed by atoms with van der Waals surface area (Å²) in [7, 11) is 0. The van der Waals surface area contributed by atoms with Crippen LogP contribution in [0.15, 0.2) is 0 Å². The highest BCUT2D eigenvalue weighted by molar-refractivity contribution is 5.68. The molecule has 1 atom stereocenters. The predicted molar refractivity (Wildman–Crippen MR) is 75.7 cm³/mol. The lowest BCUT2D eigenvalue weighted by atomic mass is 9.94. The predicted octanol–water partition coefficient (Wildman–Crippen LogP) is 2.36. The van der Waals surface area contributed by atoms with Gasteiger partial charge in [-0.25, -0.2) is 9.78 Å². The van der Waals surface area contributed by atoms with E-state index in [2.05, 4.69) is 0 Å². The van der Waals surface area contributed by atoms with Crippen LogP contribution < -0.4 is 5.11 Å². The van der Waals surface area contributed by atoms with Gasteiger partial charge in [-0.05, 0) is 48.0 Å². The summed E-state index contributed by atoms with van der Waals surface area (Å²) < 4.78 is 0. The molecule has 0 N–H and O–H groups in total. The van der Waals surface area contributed by atoms with Gasteiger partial charge in [0, 0.05) is 6.42 Å². The lowest BCUT2D eigenvalue weighted by molar-refractivity contribution is -0.552. The number of hydrogen-bond acceptors (Lipinski definition) is 6. The van der Waals surface area contributed by atoms with Crippen LogP contribution >= 0.6 is 0 Å². The molecule has 0 saturated heterocycles. The van der Waals surface area contributed by atoms with Crippen LogP contribution in [0.1, 0.15) is 68.2 Å². The van der Waals surface area contributed by atoms with E-state index in [-0.39, 0.29) is 12.8 Å². The van der Waals surface area contributed by atoms with Crippen molar-refractivity contribution in [2.45, 2.75) is 85.2 Å². The van der Waals surface area contributed by atoms with Crippen molar-refractivity contribution in [2.75, 3.05) is 0 Å². The summed E-state index contributed by atoms with van der Waals surface area (Å²) in [4.78, 5) is 32.7. The Labute approximate surface area is 127 Å². The molecule has 0 spiro atoms. The Morgan fingerprint density at radius 3 is 1.48 bits per heavy atom. The average Bonchev–Trinajstić information content (AvgIpc) is 2.30. The first-order valence-corrected chi connectivity index (χ1v) is 7.31. The number of carboxylic acids is 1. The van der Waals surface area contributed by atoms with Crippen molar-refractivity contribution in [3.05, 3.63) is 0 Å². The molecule has 0 radical (unpaired) electrons. The SMILES string of the molecule is CCC(C(=O)[O-])C(CC)(OOC(C)(C)C)OOC(C)(C)C. The monoisotopic (exact) mass is 305 g/mol. The van der Waals surface area contributed by atoms with Gasteiger partial charge in [-0.1, -0.05) is 13.8 Å². The van der Waals surface area contributed by atoms with Gasteiger partial charge < -0.3 is 9.90 Å². The van der Waals surface area contributed by atoms with Crippen molar-refractivity contribution < 1.29 is 29.5 Å². The molecule has 0 saturated carbocycles. The van der Waals surface area contributed by atoms with E-state index in [0.29, 0.717) is 0 Å². The number of carbonyl (C=O) groups excluding carboxylic acids is 1. The maximum absolute atomic E-state index is 11.4. The van der Waals surface area contributed by atoms with Gasteiger partial charge in [0.2, 0.25) is 5.79 Å². The van der Waals surface area contributed by atoms with Gasteiger partial charge >= 0.3 is 0 Å². The normalized spacial score (nSPS) is 15.0. The third kappa shape index (κ3) is 7.22. The van der Waals surface area contributed by atoms with Crippen LogP contribution in [0.25, 0.3) is 0 Å². The van der Waals surface area contributed by atoms with Crippen LogP contribution in [0.5, 0.6) is 0 Å². The summed E-state index contributed by atoms with van der Waals surface area (Å²) in [6.45, 7) is 14.2. The highest BCUT2D eigenvalue weighted by Crippen LogP contribution is 2.33. The van der Waals surface area contributed by atoms with E-state index in [4.69, 9.17) is 19.6 Å². The zero-order valence-electron chi connectivity index (χ0n) is 14.4. The second-order valence-electron chi connectivity index (χ2n) is 7.00. The van der Waals surface area contributed by atoms with E-state index >= 15 is 0 Å². The van der Waals surface area contributed by atoms with Gasteiger partial charge in [-0.2, -0.15) is 9.78 Å². The quantitative estimate of drug-likeness (QED) is 0.389. The Kier molecular flexibility index (Phi) is 7.29. The fourth-order valence-corrected chi connectivity index (χ4v) is 1.54. The second kappa shape index (κ2) is 7.54. The Morgan fingerprint density at radius 2 is 1.29 bits per heavy atom. The van der Waals surface area contributed by atoms with Crippen LogP contribution in [0, 0.1) is 5.92 Å². The molecule has 126 valence electrons. The van der Waals surface area contributed by atoms with Crippen molar-refractivity contribution >= 4 is 5.97 Å². The Bertz CT molecular complexity index is 308. The number of carbonyl (C=O) groups is 1. The van der Waals surface area contributed by atoms with E-state index in [1.807, 2.05) is 0 Å². The van der Waals surface area contributed by atoms with E-state index in [1.165, 1.54) is 0 Å². The van der Waals surface area contributed by atoms with E-state index in [1.54, 1.807) is 55.4 Å². The van der Waals surface area contributed by atoms with Crippen molar-refractivity contribution in [3.8, 4) is 0 Å². The van der Waals surface area contributed by atoms with Crippen LogP contribution in [0.4, 0.5) is 0 Å². The Morgan fingerprint density at radius 1 is 0.905 bits per heavy atom. The minimum absolute atomic E-state index is 0.228. The van der Waals surface area contributed by atoms with Gasteiger partial charge in [0.1, 0.15) is 0 Å². The van der Waals surface area contributed by atoms with E-state index < -0.39 is 28.9 Å². The molecule has 21 heavy (non-hydrogen) atoms. The molecule has 0 fully saturated rings. The maximum atomic E-state index is 11.4. The third-order valence-electron chi connectivity index (χ3n) is 2.58. The lowest BCUT2D eigenvalue weighted by Crippen LogP contribution is -2.52. The smallest absolute Gasteiger partial charge is 0.241 e. The summed E-state index contributed by atoms with van der Waals surface area (Å²) >= 11 is 0. The molecule has 0 aromatic carbocycles. The zero-order chi connectivity index (χ0) is 16.9. The highest BCUT2D eigenvalue weighted by Gasteiger charge is 2.44. The van der Waals surface area contributed by atoms with Gasteiger partial charge in [0.15, 0.2) is 0 Å². The molecule has 0 aromatic rings. The number of rotatable bonds is 8. The van der Waals surface area contributed by atoms with Gasteiger partial charge in [0.25, 0.3) is 0 Å². The summed E-state index contributed by atoms with van der Waals surface area (Å²) in [5.41, 5.74) is -1.23. The molecule has 0 heterocycles. The van der Waals surface area contributed by atoms with E-state index in [0.717, 1.165) is 0 Å². The van der Waals surface area contributed by atoms with Crippen molar-refractivity contribution in [2.24, 2.45) is 5.92 Å². The summed E-state index contributed by atoms with van der Waals surface area (Å²) in [5.74, 6) is -3.85. The molecule has 6 nitrogen and oxygen atoms in total. The number of hydrogen-bond donors (Lipinski definition) is 0. The molecule has 0 aliphatic rings. The molecular formula is C15H29O6-. The van der Waals surface area contributed by atoms with Gasteiger partial charge in [0.05, 0.1) is 23.1 Å². The van der Waals surface area contributed by atoms with Crippen LogP contribution in [-0.4, -0.2) is 23.0 Å². The fraction of sp³-hybridized carbons (Fsp3) is 0.933. The van der Waals surface area contributed by atoms with Crippen molar-refractivity contribution in [3.63, 3.8) is 0 Å². The fourth-order valence-electron chi connectivity index (χ4n) is 1.54. The average molecular weight is 305 g/mol. The van der Waals surface area contributed by atoms with Crippen LogP contribution in [0.2, 0.25) is 0 Å². The van der Waals surface area contributed by atoms with Crippen molar-refractivity contribution in [1.82, 2.24) is 0 Å². The Hall–Kier alpha value is -0.690. The molecule has 6 heteroatoms. The third-order valence-corrected chi connectivity index (χ3v) is 2.58. The summed E-state index contributed by atoms with van der Waals surface area (Å²) in [6, 6.07) is 0. The lowest BCUT2D eigenvalue weighted by Gasteiger charge is -2.39. The molecular weight excluding hydrogens is 276 g/mol. The molecule has 0 bridgehead atoms. The highest BCUT2D eigenvalue weighted by atomic mass is 17.3. The first-order valence-electron chi connectivity index (χ1n) is 7.31. The topological polar surface area (TPSA) is 77.1 Å². The van der Waals surface area contributed by atoms with Crippen molar-refractivity contribution in [1.29, 1.82) is 0 Å². The molecule has 0 aliphatic carbocycles. The molecule has 0 rings (SSSR count). The molecule has 0 amide bonds. The number of carboxylic acid groups (broad SMARTS) is 1. The minimum atomic E-state index is -1.56. The van der Waals surface area contributed by atoms with Crippen LogP contribution in [-0.2, 0) is 24.3 Å².